The summed E-state index contributed by atoms with van der Waals surface area (Å²) in [5.74, 6) is 0.288. The Bertz CT molecular complexity index is 509. The number of nitro benzene ring substituents is 1. The van der Waals surface area contributed by atoms with Gasteiger partial charge in [-0.25, -0.2) is 0 Å². The smallest absolute Gasteiger partial charge is 0.288 e. The Labute approximate surface area is 117 Å². The van der Waals surface area contributed by atoms with Crippen LogP contribution in [0.25, 0.3) is 0 Å². The van der Waals surface area contributed by atoms with Crippen LogP contribution in [-0.2, 0) is 4.79 Å². The quantitative estimate of drug-likeness (QED) is 0.485. The first-order valence-electron chi connectivity index (χ1n) is 5.33. The fraction of sp³-hybridized carbons (Fsp3) is 0.364. The second-order valence-corrected chi connectivity index (χ2v) is 5.18. The topological polar surface area (TPSA) is 63.5 Å². The molecule has 0 aromatic heterocycles. The van der Waals surface area contributed by atoms with Crippen LogP contribution in [0, 0.1) is 16.0 Å². The van der Waals surface area contributed by atoms with Crippen LogP contribution < -0.4 is 4.90 Å². The fourth-order valence-electron chi connectivity index (χ4n) is 1.95. The molecule has 1 heterocycles. The van der Waals surface area contributed by atoms with E-state index in [1.807, 2.05) is 0 Å². The number of anilines is 1. The third-order valence-corrected chi connectivity index (χ3v) is 4.08. The van der Waals surface area contributed by atoms with Crippen molar-refractivity contribution in [2.45, 2.75) is 6.42 Å². The monoisotopic (exact) mass is 332 g/mol. The second kappa shape index (κ2) is 5.24. The SMILES string of the molecule is O=C1CC(CBr)CN1c1ccc([N+](=O)[O-])c(Cl)c1. The number of halogens is 2. The maximum absolute atomic E-state index is 11.8. The van der Waals surface area contributed by atoms with Crippen LogP contribution in [-0.4, -0.2) is 22.7 Å². The zero-order chi connectivity index (χ0) is 13.3. The molecule has 2 rings (SSSR count). The lowest BCUT2D eigenvalue weighted by Crippen LogP contribution is -2.24. The average molecular weight is 334 g/mol. The summed E-state index contributed by atoms with van der Waals surface area (Å²) in [5, 5.41) is 11.5. The minimum atomic E-state index is -0.542. The van der Waals surface area contributed by atoms with Gasteiger partial charge < -0.3 is 4.90 Å². The molecule has 1 unspecified atom stereocenters. The summed E-state index contributed by atoms with van der Waals surface area (Å²) in [6.45, 7) is 0.609. The van der Waals surface area contributed by atoms with Crippen molar-refractivity contribution in [3.8, 4) is 0 Å². The largest absolute Gasteiger partial charge is 0.312 e. The molecule has 1 aromatic rings. The van der Waals surface area contributed by atoms with Crippen LogP contribution in [0.5, 0.6) is 0 Å². The third kappa shape index (κ3) is 2.49. The predicted octanol–water partition coefficient (Wildman–Crippen LogP) is 3.00. The Morgan fingerprint density at radius 2 is 2.28 bits per heavy atom. The summed E-state index contributed by atoms with van der Waals surface area (Å²) in [6.07, 6.45) is 0.486. The summed E-state index contributed by atoms with van der Waals surface area (Å²) in [7, 11) is 0. The first-order valence-corrected chi connectivity index (χ1v) is 6.83. The van der Waals surface area contributed by atoms with Gasteiger partial charge in [-0.05, 0) is 18.1 Å². The second-order valence-electron chi connectivity index (χ2n) is 4.12. The molecular weight excluding hydrogens is 323 g/mol. The van der Waals surface area contributed by atoms with Crippen LogP contribution in [0.4, 0.5) is 11.4 Å². The fourth-order valence-corrected chi connectivity index (χ4v) is 2.62. The van der Waals surface area contributed by atoms with E-state index >= 15 is 0 Å². The lowest BCUT2D eigenvalue weighted by Gasteiger charge is -2.16. The van der Waals surface area contributed by atoms with Crippen LogP contribution >= 0.6 is 27.5 Å². The van der Waals surface area contributed by atoms with Crippen LogP contribution in [0.2, 0.25) is 5.02 Å². The van der Waals surface area contributed by atoms with Gasteiger partial charge in [0.2, 0.25) is 5.91 Å². The molecule has 0 aliphatic carbocycles. The third-order valence-electron chi connectivity index (χ3n) is 2.86. The van der Waals surface area contributed by atoms with E-state index in [1.165, 1.54) is 12.1 Å². The summed E-state index contributed by atoms with van der Waals surface area (Å²) in [4.78, 5) is 23.5. The molecule has 96 valence electrons. The first kappa shape index (κ1) is 13.3. The molecule has 1 aliphatic heterocycles. The van der Waals surface area contributed by atoms with E-state index in [-0.39, 0.29) is 22.5 Å². The molecule has 0 N–H and O–H groups in total. The molecule has 7 heteroatoms. The number of hydrogen-bond donors (Lipinski definition) is 0. The first-order chi connectivity index (χ1) is 8.52. The molecule has 1 atom stereocenters. The Balaban J connectivity index is 2.27. The zero-order valence-corrected chi connectivity index (χ0v) is 11.6. The van der Waals surface area contributed by atoms with Gasteiger partial charge in [0.05, 0.1) is 4.92 Å². The van der Waals surface area contributed by atoms with Crippen molar-refractivity contribution < 1.29 is 9.72 Å². The number of rotatable bonds is 3. The van der Waals surface area contributed by atoms with E-state index in [0.29, 0.717) is 18.7 Å². The van der Waals surface area contributed by atoms with Crippen molar-refractivity contribution in [3.05, 3.63) is 33.3 Å². The number of carbonyl (C=O) groups is 1. The number of alkyl halides is 1. The average Bonchev–Trinajstić information content (AvgIpc) is 2.70. The number of nitrogens with zero attached hydrogens (tertiary/aromatic N) is 2. The molecular formula is C11H10BrClN2O3. The number of amides is 1. The van der Waals surface area contributed by atoms with Gasteiger partial charge in [0.25, 0.3) is 5.69 Å². The van der Waals surface area contributed by atoms with Gasteiger partial charge in [-0.15, -0.1) is 0 Å². The molecule has 1 aromatic carbocycles. The summed E-state index contributed by atoms with van der Waals surface area (Å²) in [5.41, 5.74) is 0.461. The summed E-state index contributed by atoms with van der Waals surface area (Å²) >= 11 is 9.19. The minimum absolute atomic E-state index is 0.0179. The molecule has 5 nitrogen and oxygen atoms in total. The zero-order valence-electron chi connectivity index (χ0n) is 9.31. The Morgan fingerprint density at radius 3 is 2.78 bits per heavy atom. The van der Waals surface area contributed by atoms with E-state index in [0.717, 1.165) is 5.33 Å². The molecule has 0 saturated carbocycles. The van der Waals surface area contributed by atoms with Gasteiger partial charge in [0, 0.05) is 30.0 Å². The van der Waals surface area contributed by atoms with E-state index < -0.39 is 4.92 Å². The van der Waals surface area contributed by atoms with Crippen molar-refractivity contribution in [2.75, 3.05) is 16.8 Å². The van der Waals surface area contributed by atoms with Crippen molar-refractivity contribution >= 4 is 44.8 Å². The number of nitro groups is 1. The molecule has 0 radical (unpaired) electrons. The highest BCUT2D eigenvalue weighted by Crippen LogP contribution is 2.32. The van der Waals surface area contributed by atoms with Gasteiger partial charge in [-0.3, -0.25) is 14.9 Å². The van der Waals surface area contributed by atoms with Gasteiger partial charge >= 0.3 is 0 Å². The van der Waals surface area contributed by atoms with Crippen LogP contribution in [0.15, 0.2) is 18.2 Å². The normalized spacial score (nSPS) is 19.3. The van der Waals surface area contributed by atoms with E-state index in [1.54, 1.807) is 11.0 Å². The molecule has 1 fully saturated rings. The molecule has 0 spiro atoms. The highest BCUT2D eigenvalue weighted by atomic mass is 79.9. The summed E-state index contributed by atoms with van der Waals surface area (Å²) < 4.78 is 0. The summed E-state index contributed by atoms with van der Waals surface area (Å²) in [6, 6.07) is 4.35. The van der Waals surface area contributed by atoms with Crippen molar-refractivity contribution in [1.29, 1.82) is 0 Å². The van der Waals surface area contributed by atoms with Crippen molar-refractivity contribution in [1.82, 2.24) is 0 Å². The van der Waals surface area contributed by atoms with Crippen molar-refractivity contribution in [2.24, 2.45) is 5.92 Å². The van der Waals surface area contributed by atoms with E-state index in [2.05, 4.69) is 15.9 Å². The van der Waals surface area contributed by atoms with E-state index in [9.17, 15) is 14.9 Å². The Morgan fingerprint density at radius 1 is 1.56 bits per heavy atom. The lowest BCUT2D eigenvalue weighted by molar-refractivity contribution is -0.384. The highest BCUT2D eigenvalue weighted by Gasteiger charge is 2.30. The van der Waals surface area contributed by atoms with Crippen LogP contribution in [0.1, 0.15) is 6.42 Å². The number of carbonyl (C=O) groups excluding carboxylic acids is 1. The van der Waals surface area contributed by atoms with Gasteiger partial charge in [0.15, 0.2) is 0 Å². The maximum atomic E-state index is 11.8. The Hall–Kier alpha value is -1.14. The van der Waals surface area contributed by atoms with Crippen molar-refractivity contribution in [3.63, 3.8) is 0 Å². The molecule has 1 saturated heterocycles. The maximum Gasteiger partial charge on any atom is 0.288 e. The lowest BCUT2D eigenvalue weighted by atomic mass is 10.2. The van der Waals surface area contributed by atoms with Gasteiger partial charge in [0.1, 0.15) is 5.02 Å². The molecule has 18 heavy (non-hydrogen) atoms. The van der Waals surface area contributed by atoms with Crippen LogP contribution in [0.3, 0.4) is 0 Å². The molecule has 1 amide bonds. The number of hydrogen-bond acceptors (Lipinski definition) is 3. The van der Waals surface area contributed by atoms with Gasteiger partial charge in [-0.2, -0.15) is 0 Å². The predicted molar refractivity (Wildman–Crippen MR) is 72.4 cm³/mol. The van der Waals surface area contributed by atoms with E-state index in [4.69, 9.17) is 11.6 Å². The Kier molecular flexibility index (Phi) is 3.87. The van der Waals surface area contributed by atoms with Gasteiger partial charge in [-0.1, -0.05) is 27.5 Å². The highest BCUT2D eigenvalue weighted by molar-refractivity contribution is 9.09. The number of benzene rings is 1. The standard InChI is InChI=1S/C11H10BrClN2O3/c12-5-7-3-11(16)14(6-7)8-1-2-10(15(17)18)9(13)4-8/h1-2,4,7H,3,5-6H2. The minimum Gasteiger partial charge on any atom is -0.312 e. The molecule has 0 bridgehead atoms. The molecule has 1 aliphatic rings.